The fraction of sp³-hybridized carbons (Fsp3) is 0.556. The number of para-hydroxylation sites is 1. The van der Waals surface area contributed by atoms with Crippen LogP contribution in [0.3, 0.4) is 0 Å². The van der Waals surface area contributed by atoms with E-state index in [-0.39, 0.29) is 24.3 Å². The van der Waals surface area contributed by atoms with Crippen molar-refractivity contribution < 1.29 is 19.4 Å². The lowest BCUT2D eigenvalue weighted by molar-refractivity contribution is -0.143. The summed E-state index contributed by atoms with van der Waals surface area (Å²) in [6, 6.07) is 7.91. The van der Waals surface area contributed by atoms with Gasteiger partial charge in [0.2, 0.25) is 5.91 Å². The van der Waals surface area contributed by atoms with E-state index in [0.717, 1.165) is 37.1 Å². The highest BCUT2D eigenvalue weighted by Crippen LogP contribution is 2.30. The van der Waals surface area contributed by atoms with Gasteiger partial charge >= 0.3 is 5.97 Å². The number of piperidine rings is 1. The molecule has 1 aromatic carbocycles. The summed E-state index contributed by atoms with van der Waals surface area (Å²) < 4.78 is 5.74. The summed E-state index contributed by atoms with van der Waals surface area (Å²) in [5.74, 6) is 0.0421. The highest BCUT2D eigenvalue weighted by Gasteiger charge is 2.34. The Balaban J connectivity index is 1.67. The van der Waals surface area contributed by atoms with Gasteiger partial charge in [0.1, 0.15) is 12.4 Å². The molecular weight excluding hydrogens is 294 g/mol. The van der Waals surface area contributed by atoms with Crippen molar-refractivity contribution >= 4 is 11.9 Å². The summed E-state index contributed by atoms with van der Waals surface area (Å²) in [5.41, 5.74) is 1.08. The van der Waals surface area contributed by atoms with Gasteiger partial charge in [0.15, 0.2) is 0 Å². The number of carbonyl (C=O) groups is 2. The summed E-state index contributed by atoms with van der Waals surface area (Å²) in [4.78, 5) is 25.7. The minimum atomic E-state index is -0.794. The number of hydrogen-bond acceptors (Lipinski definition) is 3. The maximum Gasteiger partial charge on any atom is 0.303 e. The average Bonchev–Trinajstić information content (AvgIpc) is 2.59. The second-order valence-electron chi connectivity index (χ2n) is 6.43. The van der Waals surface area contributed by atoms with Crippen molar-refractivity contribution in [3.8, 4) is 5.75 Å². The molecule has 1 saturated heterocycles. The van der Waals surface area contributed by atoms with E-state index in [9.17, 15) is 9.59 Å². The fourth-order valence-corrected chi connectivity index (χ4v) is 3.60. The zero-order valence-electron chi connectivity index (χ0n) is 13.2. The van der Waals surface area contributed by atoms with Crippen LogP contribution >= 0.6 is 0 Å². The summed E-state index contributed by atoms with van der Waals surface area (Å²) in [7, 11) is 0. The summed E-state index contributed by atoms with van der Waals surface area (Å²) in [5, 5.41) is 8.90. The molecule has 0 bridgehead atoms. The average molecular weight is 317 g/mol. The van der Waals surface area contributed by atoms with Crippen LogP contribution in [0.2, 0.25) is 0 Å². The number of benzene rings is 1. The molecule has 2 atom stereocenters. The number of hydrogen-bond donors (Lipinski definition) is 1. The molecule has 5 nitrogen and oxygen atoms in total. The Morgan fingerprint density at radius 2 is 2.09 bits per heavy atom. The molecule has 1 amide bonds. The molecular formula is C18H23NO4. The van der Waals surface area contributed by atoms with Crippen molar-refractivity contribution in [3.63, 3.8) is 0 Å². The highest BCUT2D eigenvalue weighted by atomic mass is 16.5. The summed E-state index contributed by atoms with van der Waals surface area (Å²) in [6.45, 7) is 1.15. The number of likely N-dealkylation sites (tertiary alicyclic amines) is 1. The third kappa shape index (κ3) is 3.66. The van der Waals surface area contributed by atoms with Crippen LogP contribution in [-0.4, -0.2) is 41.1 Å². The predicted octanol–water partition coefficient (Wildman–Crippen LogP) is 2.48. The van der Waals surface area contributed by atoms with Crippen molar-refractivity contribution in [1.82, 2.24) is 4.90 Å². The lowest BCUT2D eigenvalue weighted by atomic mass is 9.92. The van der Waals surface area contributed by atoms with E-state index in [2.05, 4.69) is 0 Å². The first-order valence-corrected chi connectivity index (χ1v) is 8.38. The van der Waals surface area contributed by atoms with Gasteiger partial charge in [-0.05, 0) is 43.7 Å². The van der Waals surface area contributed by atoms with Gasteiger partial charge in [-0.3, -0.25) is 9.59 Å². The third-order valence-corrected chi connectivity index (χ3v) is 4.83. The van der Waals surface area contributed by atoms with E-state index in [1.165, 1.54) is 0 Å². The minimum Gasteiger partial charge on any atom is -0.492 e. The molecule has 0 saturated carbocycles. The Hall–Kier alpha value is -2.04. The van der Waals surface area contributed by atoms with Crippen LogP contribution in [0.15, 0.2) is 24.3 Å². The highest BCUT2D eigenvalue weighted by molar-refractivity contribution is 5.80. The van der Waals surface area contributed by atoms with Gasteiger partial charge < -0.3 is 14.7 Å². The van der Waals surface area contributed by atoms with Crippen LogP contribution < -0.4 is 4.74 Å². The lowest BCUT2D eigenvalue weighted by Crippen LogP contribution is -2.48. The minimum absolute atomic E-state index is 0.0597. The standard InChI is InChI=1S/C18H23NO4/c20-17(21)9-8-15-6-3-4-10-19(15)18(22)14-11-13-5-1-2-7-16(13)23-12-14/h1-2,5,7,14-15H,3-4,6,8-12H2,(H,20,21)/t14-,15-/m1/s1. The molecule has 5 heteroatoms. The number of carboxylic acids is 1. The molecule has 0 aromatic heterocycles. The van der Waals surface area contributed by atoms with Crippen LogP contribution in [-0.2, 0) is 16.0 Å². The van der Waals surface area contributed by atoms with Gasteiger partial charge in [-0.1, -0.05) is 18.2 Å². The monoisotopic (exact) mass is 317 g/mol. The maximum atomic E-state index is 12.9. The topological polar surface area (TPSA) is 66.8 Å². The lowest BCUT2D eigenvalue weighted by Gasteiger charge is -2.38. The molecule has 0 aliphatic carbocycles. The van der Waals surface area contributed by atoms with Gasteiger partial charge in [-0.25, -0.2) is 0 Å². The molecule has 2 heterocycles. The first-order chi connectivity index (χ1) is 11.1. The molecule has 0 radical (unpaired) electrons. The number of rotatable bonds is 4. The van der Waals surface area contributed by atoms with E-state index in [1.54, 1.807) is 0 Å². The van der Waals surface area contributed by atoms with Gasteiger partial charge in [-0.2, -0.15) is 0 Å². The smallest absolute Gasteiger partial charge is 0.303 e. The second kappa shape index (κ2) is 7.02. The number of ether oxygens (including phenoxy) is 1. The van der Waals surface area contributed by atoms with Gasteiger partial charge in [0.25, 0.3) is 0 Å². The molecule has 0 spiro atoms. The summed E-state index contributed by atoms with van der Waals surface area (Å²) >= 11 is 0. The second-order valence-corrected chi connectivity index (χ2v) is 6.43. The molecule has 1 N–H and O–H groups in total. The Morgan fingerprint density at radius 3 is 2.91 bits per heavy atom. The third-order valence-electron chi connectivity index (χ3n) is 4.83. The van der Waals surface area contributed by atoms with Crippen molar-refractivity contribution in [2.75, 3.05) is 13.2 Å². The number of nitrogens with zero attached hydrogens (tertiary/aromatic N) is 1. The molecule has 124 valence electrons. The van der Waals surface area contributed by atoms with Crippen LogP contribution in [0.1, 0.15) is 37.7 Å². The van der Waals surface area contributed by atoms with Crippen LogP contribution in [0.4, 0.5) is 0 Å². The normalized spacial score (nSPS) is 23.7. The molecule has 1 aromatic rings. The van der Waals surface area contributed by atoms with E-state index < -0.39 is 5.97 Å². The van der Waals surface area contributed by atoms with E-state index in [0.29, 0.717) is 19.4 Å². The summed E-state index contributed by atoms with van der Waals surface area (Å²) in [6.07, 6.45) is 4.35. The van der Waals surface area contributed by atoms with Crippen molar-refractivity contribution in [3.05, 3.63) is 29.8 Å². The first kappa shape index (κ1) is 15.8. The van der Waals surface area contributed by atoms with E-state index in [4.69, 9.17) is 9.84 Å². The van der Waals surface area contributed by atoms with Crippen LogP contribution in [0, 0.1) is 5.92 Å². The number of amides is 1. The van der Waals surface area contributed by atoms with Crippen molar-refractivity contribution in [1.29, 1.82) is 0 Å². The molecule has 2 aliphatic rings. The number of aliphatic carboxylic acids is 1. The van der Waals surface area contributed by atoms with Crippen LogP contribution in [0.5, 0.6) is 5.75 Å². The molecule has 3 rings (SSSR count). The number of fused-ring (bicyclic) bond motifs is 1. The van der Waals surface area contributed by atoms with E-state index >= 15 is 0 Å². The number of carboxylic acid groups (broad SMARTS) is 1. The fourth-order valence-electron chi connectivity index (χ4n) is 3.60. The maximum absolute atomic E-state index is 12.9. The Morgan fingerprint density at radius 1 is 1.26 bits per heavy atom. The molecule has 1 fully saturated rings. The van der Waals surface area contributed by atoms with Crippen molar-refractivity contribution in [2.45, 2.75) is 44.6 Å². The van der Waals surface area contributed by atoms with Crippen molar-refractivity contribution in [2.24, 2.45) is 5.92 Å². The molecule has 0 unspecified atom stereocenters. The molecule has 23 heavy (non-hydrogen) atoms. The van der Waals surface area contributed by atoms with E-state index in [1.807, 2.05) is 29.2 Å². The zero-order chi connectivity index (χ0) is 16.2. The quantitative estimate of drug-likeness (QED) is 0.926. The molecule has 2 aliphatic heterocycles. The first-order valence-electron chi connectivity index (χ1n) is 8.38. The Bertz CT molecular complexity index is 586. The SMILES string of the molecule is O=C(O)CC[C@H]1CCCCN1C(=O)[C@H]1COc2ccccc2C1. The van der Waals surface area contributed by atoms with Gasteiger partial charge in [0.05, 0.1) is 5.92 Å². The predicted molar refractivity (Wildman–Crippen MR) is 85.4 cm³/mol. The van der Waals surface area contributed by atoms with Gasteiger partial charge in [-0.15, -0.1) is 0 Å². The Labute approximate surface area is 136 Å². The Kier molecular flexibility index (Phi) is 4.84. The van der Waals surface area contributed by atoms with Crippen LogP contribution in [0.25, 0.3) is 0 Å². The zero-order valence-corrected chi connectivity index (χ0v) is 13.2. The number of carbonyl (C=O) groups excluding carboxylic acids is 1. The largest absolute Gasteiger partial charge is 0.492 e. The van der Waals surface area contributed by atoms with Gasteiger partial charge in [0, 0.05) is 19.0 Å².